The van der Waals surface area contributed by atoms with E-state index in [0.29, 0.717) is 6.61 Å². The lowest BCUT2D eigenvalue weighted by Gasteiger charge is -2.24. The summed E-state index contributed by atoms with van der Waals surface area (Å²) < 4.78 is 12.3. The minimum absolute atomic E-state index is 0.0160. The average Bonchev–Trinajstić information content (AvgIpc) is 2.99. The van der Waals surface area contributed by atoms with Crippen LogP contribution in [0.15, 0.2) is 72.8 Å². The van der Waals surface area contributed by atoms with Crippen molar-refractivity contribution in [2.75, 3.05) is 6.61 Å². The van der Waals surface area contributed by atoms with Crippen molar-refractivity contribution in [3.8, 4) is 0 Å². The third kappa shape index (κ3) is 2.31. The predicted octanol–water partition coefficient (Wildman–Crippen LogP) is 4.80. The van der Waals surface area contributed by atoms with E-state index in [4.69, 9.17) is 9.47 Å². The Labute approximate surface area is 130 Å². The van der Waals surface area contributed by atoms with Crippen LogP contribution in [0.4, 0.5) is 0 Å². The molecule has 1 fully saturated rings. The average molecular weight is 290 g/mol. The van der Waals surface area contributed by atoms with Crippen LogP contribution in [0.1, 0.15) is 24.2 Å². The standard InChI is InChI=1S/C20H18O2/c1-20(18-12-11-15-7-5-6-10-17(15)13-18)21-14-19(22-20)16-8-3-2-4-9-16/h2-13,19H,14H2,1H3/t19-,20-/m0/s1. The second-order valence-corrected chi connectivity index (χ2v) is 5.84. The first-order valence-corrected chi connectivity index (χ1v) is 7.61. The first kappa shape index (κ1) is 13.5. The van der Waals surface area contributed by atoms with E-state index in [1.807, 2.05) is 25.1 Å². The third-order valence-electron chi connectivity index (χ3n) is 4.32. The van der Waals surface area contributed by atoms with Gasteiger partial charge in [0.1, 0.15) is 6.10 Å². The fourth-order valence-electron chi connectivity index (χ4n) is 3.03. The summed E-state index contributed by atoms with van der Waals surface area (Å²) in [5, 5.41) is 2.43. The molecule has 0 unspecified atom stereocenters. The van der Waals surface area contributed by atoms with E-state index in [0.717, 1.165) is 11.1 Å². The van der Waals surface area contributed by atoms with Crippen LogP contribution < -0.4 is 0 Å². The zero-order valence-corrected chi connectivity index (χ0v) is 12.5. The normalized spacial score (nSPS) is 24.7. The molecule has 4 rings (SSSR count). The van der Waals surface area contributed by atoms with Crippen molar-refractivity contribution >= 4 is 10.8 Å². The van der Waals surface area contributed by atoms with Crippen LogP contribution >= 0.6 is 0 Å². The van der Waals surface area contributed by atoms with Crippen molar-refractivity contribution in [2.24, 2.45) is 0 Å². The molecule has 0 aromatic heterocycles. The van der Waals surface area contributed by atoms with Gasteiger partial charge in [-0.1, -0.05) is 66.7 Å². The van der Waals surface area contributed by atoms with Gasteiger partial charge in [-0.3, -0.25) is 0 Å². The van der Waals surface area contributed by atoms with Crippen molar-refractivity contribution in [3.63, 3.8) is 0 Å². The van der Waals surface area contributed by atoms with Gasteiger partial charge in [0, 0.05) is 5.56 Å². The lowest BCUT2D eigenvalue weighted by molar-refractivity contribution is -0.162. The summed E-state index contributed by atoms with van der Waals surface area (Å²) in [5.74, 6) is -0.690. The first-order valence-electron chi connectivity index (χ1n) is 7.61. The molecular formula is C20H18O2. The van der Waals surface area contributed by atoms with Gasteiger partial charge in [-0.25, -0.2) is 0 Å². The van der Waals surface area contributed by atoms with E-state index in [-0.39, 0.29) is 6.10 Å². The quantitative estimate of drug-likeness (QED) is 0.675. The van der Waals surface area contributed by atoms with Crippen molar-refractivity contribution in [3.05, 3.63) is 83.9 Å². The van der Waals surface area contributed by atoms with Crippen LogP contribution in [0.2, 0.25) is 0 Å². The molecule has 0 spiro atoms. The number of benzene rings is 3. The molecule has 2 nitrogen and oxygen atoms in total. The fourth-order valence-corrected chi connectivity index (χ4v) is 3.03. The summed E-state index contributed by atoms with van der Waals surface area (Å²) in [4.78, 5) is 0. The minimum atomic E-state index is -0.690. The SMILES string of the molecule is C[C@]1(c2ccc3ccccc3c2)OC[C@@H](c2ccccc2)O1. The molecule has 1 heterocycles. The van der Waals surface area contributed by atoms with Gasteiger partial charge in [0.2, 0.25) is 0 Å². The monoisotopic (exact) mass is 290 g/mol. The summed E-state index contributed by atoms with van der Waals surface area (Å²) in [6.45, 7) is 2.58. The zero-order chi connectivity index (χ0) is 15.0. The van der Waals surface area contributed by atoms with Crippen LogP contribution in [0.25, 0.3) is 10.8 Å². The second kappa shape index (κ2) is 5.24. The Kier molecular flexibility index (Phi) is 3.21. The van der Waals surface area contributed by atoms with E-state index < -0.39 is 5.79 Å². The van der Waals surface area contributed by atoms with Gasteiger partial charge in [0.15, 0.2) is 5.79 Å². The highest BCUT2D eigenvalue weighted by Crippen LogP contribution is 2.40. The maximum atomic E-state index is 6.25. The Morgan fingerprint density at radius 3 is 2.41 bits per heavy atom. The molecule has 3 aromatic rings. The van der Waals surface area contributed by atoms with Gasteiger partial charge in [-0.2, -0.15) is 0 Å². The molecule has 2 atom stereocenters. The molecule has 110 valence electrons. The molecule has 22 heavy (non-hydrogen) atoms. The maximum absolute atomic E-state index is 6.25. The van der Waals surface area contributed by atoms with Crippen molar-refractivity contribution in [2.45, 2.75) is 18.8 Å². The van der Waals surface area contributed by atoms with Gasteiger partial charge < -0.3 is 9.47 Å². The maximum Gasteiger partial charge on any atom is 0.192 e. The topological polar surface area (TPSA) is 18.5 Å². The van der Waals surface area contributed by atoms with Crippen LogP contribution in [0.3, 0.4) is 0 Å². The predicted molar refractivity (Wildman–Crippen MR) is 87.5 cm³/mol. The van der Waals surface area contributed by atoms with Crippen molar-refractivity contribution in [1.29, 1.82) is 0 Å². The van der Waals surface area contributed by atoms with Crippen LogP contribution in [0, 0.1) is 0 Å². The molecule has 0 aliphatic carbocycles. The van der Waals surface area contributed by atoms with E-state index in [9.17, 15) is 0 Å². The molecule has 0 bridgehead atoms. The van der Waals surface area contributed by atoms with Gasteiger partial charge in [0.25, 0.3) is 0 Å². The summed E-state index contributed by atoms with van der Waals surface area (Å²) >= 11 is 0. The van der Waals surface area contributed by atoms with Crippen LogP contribution in [-0.2, 0) is 15.3 Å². The van der Waals surface area contributed by atoms with Crippen molar-refractivity contribution < 1.29 is 9.47 Å². The van der Waals surface area contributed by atoms with Crippen molar-refractivity contribution in [1.82, 2.24) is 0 Å². The van der Waals surface area contributed by atoms with E-state index in [1.165, 1.54) is 10.8 Å². The number of rotatable bonds is 2. The Balaban J connectivity index is 1.66. The molecule has 1 aliphatic rings. The highest BCUT2D eigenvalue weighted by molar-refractivity contribution is 5.83. The number of fused-ring (bicyclic) bond motifs is 1. The number of ether oxygens (including phenoxy) is 2. The summed E-state index contributed by atoms with van der Waals surface area (Å²) in [5.41, 5.74) is 2.22. The Bertz CT molecular complexity index is 797. The van der Waals surface area contributed by atoms with Gasteiger partial charge in [-0.05, 0) is 29.3 Å². The number of hydrogen-bond donors (Lipinski definition) is 0. The van der Waals surface area contributed by atoms with Gasteiger partial charge in [-0.15, -0.1) is 0 Å². The summed E-state index contributed by atoms with van der Waals surface area (Å²) in [6, 6.07) is 25.0. The minimum Gasteiger partial charge on any atom is -0.343 e. The zero-order valence-electron chi connectivity index (χ0n) is 12.5. The Hall–Kier alpha value is -2.16. The van der Waals surface area contributed by atoms with Crippen LogP contribution in [-0.4, -0.2) is 6.61 Å². The molecule has 0 amide bonds. The Morgan fingerprint density at radius 2 is 1.59 bits per heavy atom. The highest BCUT2D eigenvalue weighted by atomic mass is 16.7. The highest BCUT2D eigenvalue weighted by Gasteiger charge is 2.39. The summed E-state index contributed by atoms with van der Waals surface area (Å²) in [7, 11) is 0. The smallest absolute Gasteiger partial charge is 0.192 e. The summed E-state index contributed by atoms with van der Waals surface area (Å²) in [6.07, 6.45) is -0.0160. The largest absolute Gasteiger partial charge is 0.343 e. The molecule has 2 heteroatoms. The lowest BCUT2D eigenvalue weighted by Crippen LogP contribution is -2.22. The van der Waals surface area contributed by atoms with Gasteiger partial charge >= 0.3 is 0 Å². The molecule has 0 N–H and O–H groups in total. The fraction of sp³-hybridized carbons (Fsp3) is 0.200. The van der Waals surface area contributed by atoms with E-state index in [1.54, 1.807) is 0 Å². The molecule has 3 aromatic carbocycles. The first-order chi connectivity index (χ1) is 10.7. The number of hydrogen-bond acceptors (Lipinski definition) is 2. The molecule has 0 saturated carbocycles. The molecule has 1 aliphatic heterocycles. The van der Waals surface area contributed by atoms with E-state index >= 15 is 0 Å². The van der Waals surface area contributed by atoms with Gasteiger partial charge in [0.05, 0.1) is 6.61 Å². The molecule has 0 radical (unpaired) electrons. The second-order valence-electron chi connectivity index (χ2n) is 5.84. The molecule has 1 saturated heterocycles. The third-order valence-corrected chi connectivity index (χ3v) is 4.32. The lowest BCUT2D eigenvalue weighted by atomic mass is 10.0. The molecular weight excluding hydrogens is 272 g/mol. The van der Waals surface area contributed by atoms with Crippen LogP contribution in [0.5, 0.6) is 0 Å². The Morgan fingerprint density at radius 1 is 0.864 bits per heavy atom. The van der Waals surface area contributed by atoms with E-state index in [2.05, 4.69) is 54.6 Å².